The fourth-order valence-electron chi connectivity index (χ4n) is 4.04. The number of alkyl halides is 3. The number of sulfonamides is 1. The Kier molecular flexibility index (Phi) is 7.29. The first-order valence-corrected chi connectivity index (χ1v) is 13.0. The topological polar surface area (TPSA) is 72.6 Å². The summed E-state index contributed by atoms with van der Waals surface area (Å²) in [5.41, 5.74) is 6.21. The van der Waals surface area contributed by atoms with Gasteiger partial charge in [-0.05, 0) is 67.4 Å². The molecule has 0 saturated heterocycles. The largest absolute Gasteiger partial charge is 0.485 e. The number of nitrogens with zero attached hydrogens (tertiary/aromatic N) is 1. The molecule has 3 aromatic rings. The highest BCUT2D eigenvalue weighted by Gasteiger charge is 2.38. The smallest absolute Gasteiger partial charge is 0.416 e. The summed E-state index contributed by atoms with van der Waals surface area (Å²) < 4.78 is 88.4. The lowest BCUT2D eigenvalue weighted by Crippen LogP contribution is -2.50. The molecule has 5 nitrogen and oxygen atoms in total. The van der Waals surface area contributed by atoms with Crippen LogP contribution in [-0.2, 0) is 16.2 Å². The van der Waals surface area contributed by atoms with E-state index >= 15 is 0 Å². The molecular formula is C26H23ClF4N2O3S. The zero-order valence-electron chi connectivity index (χ0n) is 19.8. The van der Waals surface area contributed by atoms with E-state index in [0.29, 0.717) is 17.2 Å². The van der Waals surface area contributed by atoms with Crippen molar-refractivity contribution in [1.82, 2.24) is 0 Å². The Morgan fingerprint density at radius 2 is 1.86 bits per heavy atom. The van der Waals surface area contributed by atoms with Crippen LogP contribution in [0.3, 0.4) is 0 Å². The van der Waals surface area contributed by atoms with E-state index in [9.17, 15) is 26.0 Å². The van der Waals surface area contributed by atoms with E-state index in [1.165, 1.54) is 18.2 Å². The number of nitrogens with two attached hydrogens (primary N) is 1. The number of allylic oxidation sites excluding steroid dienone is 1. The first-order chi connectivity index (χ1) is 17.3. The molecule has 0 radical (unpaired) electrons. The molecule has 0 aliphatic carbocycles. The number of hydrogen-bond donors (Lipinski definition) is 1. The number of fused-ring (bicyclic) bond motifs is 1. The maximum atomic E-state index is 14.4. The fraction of sp³-hybridized carbons (Fsp3) is 0.231. The van der Waals surface area contributed by atoms with Gasteiger partial charge in [-0.2, -0.15) is 13.2 Å². The van der Waals surface area contributed by atoms with Gasteiger partial charge in [0.05, 0.1) is 27.7 Å². The van der Waals surface area contributed by atoms with Crippen molar-refractivity contribution in [3.8, 4) is 5.75 Å². The van der Waals surface area contributed by atoms with Crippen molar-refractivity contribution in [1.29, 1.82) is 0 Å². The van der Waals surface area contributed by atoms with Crippen molar-refractivity contribution in [2.45, 2.75) is 37.1 Å². The second-order valence-corrected chi connectivity index (χ2v) is 11.0. The fourth-order valence-corrected chi connectivity index (χ4v) is 5.88. The van der Waals surface area contributed by atoms with Gasteiger partial charge in [0.1, 0.15) is 17.7 Å². The van der Waals surface area contributed by atoms with Crippen LogP contribution in [0.2, 0.25) is 5.02 Å². The lowest BCUT2D eigenvalue weighted by molar-refractivity contribution is -0.137. The summed E-state index contributed by atoms with van der Waals surface area (Å²) >= 11 is 6.17. The van der Waals surface area contributed by atoms with Crippen molar-refractivity contribution in [3.63, 3.8) is 0 Å². The number of ether oxygens (including phenoxy) is 1. The van der Waals surface area contributed by atoms with E-state index in [1.807, 2.05) is 0 Å². The van der Waals surface area contributed by atoms with Crippen LogP contribution in [0, 0.1) is 5.82 Å². The average molecular weight is 555 g/mol. The van der Waals surface area contributed by atoms with Gasteiger partial charge < -0.3 is 10.5 Å². The van der Waals surface area contributed by atoms with Crippen LogP contribution in [0.15, 0.2) is 65.6 Å². The monoisotopic (exact) mass is 554 g/mol. The second-order valence-electron chi connectivity index (χ2n) is 8.73. The van der Waals surface area contributed by atoms with Gasteiger partial charge in [-0.3, -0.25) is 4.31 Å². The summed E-state index contributed by atoms with van der Waals surface area (Å²) in [5.74, 6) is -0.320. The van der Waals surface area contributed by atoms with Gasteiger partial charge in [-0.1, -0.05) is 35.9 Å². The third-order valence-electron chi connectivity index (χ3n) is 5.95. The standard InChI is InChI=1S/C26H23ClF4N2O3S/c1-15(25-20(27)7-4-8-21(25)28)11-17-9-10-23-22(12-17)33(14-24(36-23)16(2)32)37(34,35)19-6-3-5-18(13-19)26(29,30)31/h3-13,16,24H,14,32H2,1-2H3/t16-,24-/m1/s1. The zero-order chi connectivity index (χ0) is 27.1. The van der Waals surface area contributed by atoms with Gasteiger partial charge in [0.15, 0.2) is 0 Å². The SMILES string of the molecule is CC(=Cc1ccc2c(c1)N(S(=O)(=O)c1cccc(C(F)(F)F)c1)C[C@H]([C@@H](C)N)O2)c1c(F)cccc1Cl. The number of halogens is 5. The maximum Gasteiger partial charge on any atom is 0.416 e. The molecule has 1 aliphatic rings. The molecule has 4 rings (SSSR count). The minimum atomic E-state index is -4.72. The molecule has 37 heavy (non-hydrogen) atoms. The molecule has 11 heteroatoms. The predicted octanol–water partition coefficient (Wildman–Crippen LogP) is 6.36. The number of benzene rings is 3. The second kappa shape index (κ2) is 10.00. The number of hydrogen-bond acceptors (Lipinski definition) is 4. The highest BCUT2D eigenvalue weighted by molar-refractivity contribution is 7.92. The van der Waals surface area contributed by atoms with Crippen LogP contribution >= 0.6 is 11.6 Å². The van der Waals surface area contributed by atoms with Crippen molar-refractivity contribution < 1.29 is 30.7 Å². The number of anilines is 1. The molecule has 0 saturated carbocycles. The van der Waals surface area contributed by atoms with Gasteiger partial charge in [-0.15, -0.1) is 0 Å². The van der Waals surface area contributed by atoms with Crippen LogP contribution in [0.5, 0.6) is 5.75 Å². The Labute approximate surface area is 217 Å². The first kappa shape index (κ1) is 27.0. The molecule has 0 amide bonds. The molecule has 0 aromatic heterocycles. The molecule has 0 fully saturated rings. The first-order valence-electron chi connectivity index (χ1n) is 11.2. The summed E-state index contributed by atoms with van der Waals surface area (Å²) in [7, 11) is -4.44. The summed E-state index contributed by atoms with van der Waals surface area (Å²) in [6.07, 6.45) is -3.84. The summed E-state index contributed by atoms with van der Waals surface area (Å²) in [5, 5.41) is 0.212. The van der Waals surface area contributed by atoms with Crippen LogP contribution in [-0.4, -0.2) is 27.1 Å². The zero-order valence-corrected chi connectivity index (χ0v) is 21.3. The Morgan fingerprint density at radius 3 is 2.51 bits per heavy atom. The Balaban J connectivity index is 1.82. The third-order valence-corrected chi connectivity index (χ3v) is 8.04. The van der Waals surface area contributed by atoms with E-state index in [-0.39, 0.29) is 28.6 Å². The molecule has 3 aromatic carbocycles. The molecule has 2 atom stereocenters. The van der Waals surface area contributed by atoms with Crippen LogP contribution in [0.4, 0.5) is 23.2 Å². The molecule has 1 heterocycles. The average Bonchev–Trinajstić information content (AvgIpc) is 2.82. The van der Waals surface area contributed by atoms with Gasteiger partial charge in [0.2, 0.25) is 0 Å². The van der Waals surface area contributed by atoms with Gasteiger partial charge in [0, 0.05) is 11.6 Å². The summed E-state index contributed by atoms with van der Waals surface area (Å²) in [6.45, 7) is 3.08. The van der Waals surface area contributed by atoms with Crippen LogP contribution in [0.1, 0.15) is 30.5 Å². The lowest BCUT2D eigenvalue weighted by atomic mass is 10.0. The lowest BCUT2D eigenvalue weighted by Gasteiger charge is -2.37. The van der Waals surface area contributed by atoms with Crippen LogP contribution in [0.25, 0.3) is 11.6 Å². The van der Waals surface area contributed by atoms with Gasteiger partial charge in [-0.25, -0.2) is 12.8 Å². The number of rotatable bonds is 5. The van der Waals surface area contributed by atoms with Crippen molar-refractivity contribution in [2.24, 2.45) is 5.73 Å². The molecule has 2 N–H and O–H groups in total. The molecule has 0 bridgehead atoms. The molecule has 1 aliphatic heterocycles. The van der Waals surface area contributed by atoms with Crippen molar-refractivity contribution in [3.05, 3.63) is 88.2 Å². The minimum absolute atomic E-state index is 0.121. The Hall–Kier alpha value is -3.08. The van der Waals surface area contributed by atoms with Crippen molar-refractivity contribution >= 4 is 39.0 Å². The normalized spacial score (nSPS) is 17.2. The Morgan fingerprint density at radius 1 is 1.16 bits per heavy atom. The highest BCUT2D eigenvalue weighted by atomic mass is 35.5. The van der Waals surface area contributed by atoms with Crippen LogP contribution < -0.4 is 14.8 Å². The molecule has 0 spiro atoms. The maximum absolute atomic E-state index is 14.4. The van der Waals surface area contributed by atoms with Crippen molar-refractivity contribution in [2.75, 3.05) is 10.8 Å². The molecular weight excluding hydrogens is 532 g/mol. The van der Waals surface area contributed by atoms with E-state index in [1.54, 1.807) is 38.1 Å². The predicted molar refractivity (Wildman–Crippen MR) is 135 cm³/mol. The summed E-state index contributed by atoms with van der Waals surface area (Å²) in [6, 6.07) is 12.0. The van der Waals surface area contributed by atoms with Gasteiger partial charge >= 0.3 is 6.18 Å². The third kappa shape index (κ3) is 5.46. The van der Waals surface area contributed by atoms with E-state index in [2.05, 4.69) is 0 Å². The molecule has 196 valence electrons. The molecule has 0 unspecified atom stereocenters. The quantitative estimate of drug-likeness (QED) is 0.294. The van der Waals surface area contributed by atoms with E-state index in [0.717, 1.165) is 22.5 Å². The summed E-state index contributed by atoms with van der Waals surface area (Å²) in [4.78, 5) is -0.520. The van der Waals surface area contributed by atoms with E-state index < -0.39 is 44.6 Å². The minimum Gasteiger partial charge on any atom is -0.485 e. The van der Waals surface area contributed by atoms with Gasteiger partial charge in [0.25, 0.3) is 10.0 Å². The highest BCUT2D eigenvalue weighted by Crippen LogP contribution is 2.40. The van der Waals surface area contributed by atoms with E-state index in [4.69, 9.17) is 22.1 Å². The Bertz CT molecular complexity index is 1450.